The van der Waals surface area contributed by atoms with Crippen LogP contribution in [0.4, 0.5) is 5.69 Å². The zero-order chi connectivity index (χ0) is 21.0. The van der Waals surface area contributed by atoms with Crippen LogP contribution in [0.1, 0.15) is 29.9 Å². The van der Waals surface area contributed by atoms with Gasteiger partial charge in [-0.2, -0.15) is 5.26 Å². The van der Waals surface area contributed by atoms with Gasteiger partial charge < -0.3 is 15.1 Å². The first-order valence-corrected chi connectivity index (χ1v) is 10.2. The summed E-state index contributed by atoms with van der Waals surface area (Å²) >= 11 is 1.48. The summed E-state index contributed by atoms with van der Waals surface area (Å²) in [6, 6.07) is 13.6. The molecule has 3 rings (SSSR count). The normalized spacial score (nSPS) is 16.3. The lowest BCUT2D eigenvalue weighted by molar-refractivity contribution is -0.113. The third-order valence-corrected chi connectivity index (χ3v) is 5.69. The van der Waals surface area contributed by atoms with Crippen molar-refractivity contribution in [3.05, 3.63) is 88.0 Å². The molecule has 2 N–H and O–H groups in total. The third kappa shape index (κ3) is 4.30. The van der Waals surface area contributed by atoms with Crippen LogP contribution in [0.25, 0.3) is 0 Å². The van der Waals surface area contributed by atoms with Gasteiger partial charge >= 0.3 is 0 Å². The zero-order valence-electron chi connectivity index (χ0n) is 16.7. The van der Waals surface area contributed by atoms with Gasteiger partial charge in [0.2, 0.25) is 0 Å². The molecule has 1 aliphatic rings. The Morgan fingerprint density at radius 1 is 1.31 bits per heavy atom. The predicted octanol–water partition coefficient (Wildman–Crippen LogP) is 5.15. The highest BCUT2D eigenvalue weighted by atomic mass is 32.2. The first-order chi connectivity index (χ1) is 14.0. The monoisotopic (exact) mass is 405 g/mol. The maximum atomic E-state index is 13.3. The Morgan fingerprint density at radius 3 is 2.69 bits per heavy atom. The van der Waals surface area contributed by atoms with E-state index in [0.29, 0.717) is 28.4 Å². The minimum absolute atomic E-state index is 0.260. The molecule has 0 saturated carbocycles. The van der Waals surface area contributed by atoms with Crippen molar-refractivity contribution in [1.82, 2.24) is 5.32 Å². The van der Waals surface area contributed by atoms with Crippen molar-refractivity contribution < 1.29 is 9.21 Å². The average Bonchev–Trinajstić information content (AvgIpc) is 3.13. The smallest absolute Gasteiger partial charge is 0.254 e. The van der Waals surface area contributed by atoms with Gasteiger partial charge in [-0.1, -0.05) is 24.3 Å². The summed E-state index contributed by atoms with van der Waals surface area (Å²) in [5.41, 5.74) is 3.34. The number of nitrogens with zero attached hydrogens (tertiary/aromatic N) is 1. The molecule has 6 heteroatoms. The summed E-state index contributed by atoms with van der Waals surface area (Å²) < 4.78 is 5.85. The number of furan rings is 1. The van der Waals surface area contributed by atoms with E-state index in [9.17, 15) is 10.1 Å². The average molecular weight is 406 g/mol. The number of allylic oxidation sites excluding steroid dienone is 2. The minimum Gasteiger partial charge on any atom is -0.465 e. The maximum Gasteiger partial charge on any atom is 0.254 e. The molecule has 0 fully saturated rings. The quantitative estimate of drug-likeness (QED) is 0.650. The van der Waals surface area contributed by atoms with Gasteiger partial charge in [-0.05, 0) is 44.5 Å². The number of thioether (sulfide) groups is 1. The number of nitriles is 1. The van der Waals surface area contributed by atoms with Crippen LogP contribution >= 0.6 is 11.8 Å². The molecular weight excluding hydrogens is 382 g/mol. The van der Waals surface area contributed by atoms with Crippen molar-refractivity contribution in [2.75, 3.05) is 11.1 Å². The van der Waals surface area contributed by atoms with Gasteiger partial charge in [0.05, 0.1) is 28.2 Å². The zero-order valence-corrected chi connectivity index (χ0v) is 17.5. The fourth-order valence-electron chi connectivity index (χ4n) is 3.27. The molecule has 29 heavy (non-hydrogen) atoms. The number of hydrogen-bond donors (Lipinski definition) is 2. The van der Waals surface area contributed by atoms with E-state index < -0.39 is 5.92 Å². The van der Waals surface area contributed by atoms with Crippen molar-refractivity contribution in [2.24, 2.45) is 0 Å². The Labute approximate surface area is 175 Å². The second-order valence-electron chi connectivity index (χ2n) is 6.77. The lowest BCUT2D eigenvalue weighted by Gasteiger charge is -2.28. The third-order valence-electron chi connectivity index (χ3n) is 4.68. The van der Waals surface area contributed by atoms with Gasteiger partial charge in [0, 0.05) is 17.1 Å². The molecule has 0 bridgehead atoms. The molecule has 148 valence electrons. The number of amides is 1. The highest BCUT2D eigenvalue weighted by Crippen LogP contribution is 2.41. The van der Waals surface area contributed by atoms with Gasteiger partial charge in [0.15, 0.2) is 0 Å². The van der Waals surface area contributed by atoms with Crippen LogP contribution in [0.2, 0.25) is 0 Å². The summed E-state index contributed by atoms with van der Waals surface area (Å²) in [7, 11) is 0. The van der Waals surface area contributed by atoms with Gasteiger partial charge in [-0.25, -0.2) is 0 Å². The fraction of sp³-hybridized carbons (Fsp3) is 0.217. The van der Waals surface area contributed by atoms with E-state index in [1.54, 1.807) is 6.08 Å². The number of nitrogens with one attached hydrogen (secondary N) is 2. The lowest BCUT2D eigenvalue weighted by atomic mass is 9.85. The van der Waals surface area contributed by atoms with E-state index in [4.69, 9.17) is 4.42 Å². The molecule has 1 atom stereocenters. The molecule has 0 aliphatic carbocycles. The van der Waals surface area contributed by atoms with E-state index in [1.165, 1.54) is 11.8 Å². The molecule has 2 heterocycles. The highest BCUT2D eigenvalue weighted by Gasteiger charge is 2.36. The van der Waals surface area contributed by atoms with Crippen LogP contribution in [0.15, 0.2) is 75.3 Å². The number of aryl methyl sites for hydroxylation is 2. The first kappa shape index (κ1) is 20.6. The number of rotatable bonds is 6. The molecule has 1 amide bonds. The van der Waals surface area contributed by atoms with Crippen molar-refractivity contribution in [1.29, 1.82) is 5.26 Å². The number of carbonyl (C=O) groups is 1. The standard InChI is InChI=1S/C23H23N3O2S/c1-5-12-29-23-17(13-24)21(19-11-10-15(3)28-19)20(16(4)25-23)22(27)26-18-9-7-6-8-14(18)2/h5-11,21,25H,1,12H2,2-4H3,(H,26,27). The van der Waals surface area contributed by atoms with Gasteiger partial charge in [-0.3, -0.25) is 4.79 Å². The number of anilines is 1. The largest absolute Gasteiger partial charge is 0.465 e. The predicted molar refractivity (Wildman–Crippen MR) is 117 cm³/mol. The molecular formula is C23H23N3O2S. The van der Waals surface area contributed by atoms with Crippen molar-refractivity contribution in [2.45, 2.75) is 26.7 Å². The second kappa shape index (κ2) is 8.89. The Kier molecular flexibility index (Phi) is 6.30. The first-order valence-electron chi connectivity index (χ1n) is 9.25. The lowest BCUT2D eigenvalue weighted by Crippen LogP contribution is -2.30. The molecule has 0 radical (unpaired) electrons. The molecule has 1 aliphatic heterocycles. The van der Waals surface area contributed by atoms with Crippen LogP contribution in [0.3, 0.4) is 0 Å². The SMILES string of the molecule is C=CCSC1=C(C#N)C(c2ccc(C)o2)C(C(=O)Nc2ccccc2C)=C(C)N1. The summed E-state index contributed by atoms with van der Waals surface area (Å²) in [6.45, 7) is 9.37. The van der Waals surface area contributed by atoms with Crippen molar-refractivity contribution >= 4 is 23.4 Å². The van der Waals surface area contributed by atoms with E-state index in [-0.39, 0.29) is 5.91 Å². The second-order valence-corrected chi connectivity index (χ2v) is 7.80. The van der Waals surface area contributed by atoms with Crippen molar-refractivity contribution in [3.63, 3.8) is 0 Å². The van der Waals surface area contributed by atoms with E-state index in [0.717, 1.165) is 22.0 Å². The van der Waals surface area contributed by atoms with E-state index >= 15 is 0 Å². The Hall–Kier alpha value is -3.17. The van der Waals surface area contributed by atoms with Crippen molar-refractivity contribution in [3.8, 4) is 6.07 Å². The summed E-state index contributed by atoms with van der Waals surface area (Å²) in [5, 5.41) is 16.9. The molecule has 5 nitrogen and oxygen atoms in total. The topological polar surface area (TPSA) is 78.1 Å². The van der Waals surface area contributed by atoms with Gasteiger partial charge in [0.1, 0.15) is 11.5 Å². The number of carbonyl (C=O) groups excluding carboxylic acids is 1. The molecule has 1 aromatic heterocycles. The fourth-order valence-corrected chi connectivity index (χ4v) is 4.09. The van der Waals surface area contributed by atoms with E-state index in [1.807, 2.05) is 57.2 Å². The van der Waals surface area contributed by atoms with E-state index in [2.05, 4.69) is 23.3 Å². The number of hydrogen-bond acceptors (Lipinski definition) is 5. The molecule has 1 unspecified atom stereocenters. The van der Waals surface area contributed by atoms with Crippen LogP contribution in [-0.4, -0.2) is 11.7 Å². The number of dihydropyridines is 1. The van der Waals surface area contributed by atoms with Crippen LogP contribution in [0.5, 0.6) is 0 Å². The minimum atomic E-state index is -0.578. The maximum absolute atomic E-state index is 13.3. The summed E-state index contributed by atoms with van der Waals surface area (Å²) in [5.74, 6) is 1.12. The Balaban J connectivity index is 2.06. The number of benzene rings is 1. The Morgan fingerprint density at radius 2 is 2.07 bits per heavy atom. The Bertz CT molecular complexity index is 1060. The van der Waals surface area contributed by atoms with Crippen LogP contribution < -0.4 is 10.6 Å². The van der Waals surface area contributed by atoms with Crippen LogP contribution in [0, 0.1) is 25.2 Å². The molecule has 0 saturated heterocycles. The summed E-state index contributed by atoms with van der Waals surface area (Å²) in [6.07, 6.45) is 1.78. The van der Waals surface area contributed by atoms with Gasteiger partial charge in [-0.15, -0.1) is 18.3 Å². The number of para-hydroxylation sites is 1. The highest BCUT2D eigenvalue weighted by molar-refractivity contribution is 8.03. The molecule has 0 spiro atoms. The molecule has 2 aromatic rings. The molecule has 1 aromatic carbocycles. The van der Waals surface area contributed by atoms with Gasteiger partial charge in [0.25, 0.3) is 5.91 Å². The summed E-state index contributed by atoms with van der Waals surface area (Å²) in [4.78, 5) is 13.3. The van der Waals surface area contributed by atoms with Crippen LogP contribution in [-0.2, 0) is 4.79 Å².